The summed E-state index contributed by atoms with van der Waals surface area (Å²) in [6, 6.07) is 0. The van der Waals surface area contributed by atoms with Gasteiger partial charge in [-0.15, -0.1) is 0 Å². The standard InChI is InChI=1S/C36H64O5/c1-21-18-32(3,4)27-13-16-36(8)29(34(27,6)19-21)10-9-28-33(5)14-11-23(24(33)12-15-35(28,36)7)22(2)17-25(38)30(40)31(41)26(39)20-37/h21-31,37-41H,9-20H2,1-8H3. The Bertz CT molecular complexity index is 952. The van der Waals surface area contributed by atoms with Gasteiger partial charge in [0.2, 0.25) is 0 Å². The van der Waals surface area contributed by atoms with Crippen molar-refractivity contribution in [3.8, 4) is 0 Å². The van der Waals surface area contributed by atoms with Crippen molar-refractivity contribution in [3.63, 3.8) is 0 Å². The van der Waals surface area contributed by atoms with E-state index in [9.17, 15) is 20.4 Å². The molecule has 0 aromatic rings. The second kappa shape index (κ2) is 10.7. The molecule has 5 aliphatic rings. The van der Waals surface area contributed by atoms with Gasteiger partial charge in [-0.1, -0.05) is 55.4 Å². The average Bonchev–Trinajstić information content (AvgIpc) is 3.23. The van der Waals surface area contributed by atoms with E-state index in [1.54, 1.807) is 0 Å². The maximum atomic E-state index is 10.8. The molecule has 41 heavy (non-hydrogen) atoms. The molecule has 0 aromatic heterocycles. The van der Waals surface area contributed by atoms with Crippen LogP contribution in [-0.4, -0.2) is 56.6 Å². The van der Waals surface area contributed by atoms with Gasteiger partial charge in [0.25, 0.3) is 0 Å². The van der Waals surface area contributed by atoms with Gasteiger partial charge in [0, 0.05) is 0 Å². The molecule has 15 atom stereocenters. The fourth-order valence-corrected chi connectivity index (χ4v) is 14.0. The van der Waals surface area contributed by atoms with Crippen molar-refractivity contribution in [1.29, 1.82) is 0 Å². The molecule has 0 saturated heterocycles. The topological polar surface area (TPSA) is 101 Å². The minimum Gasteiger partial charge on any atom is -0.394 e. The Labute approximate surface area is 250 Å². The van der Waals surface area contributed by atoms with Gasteiger partial charge < -0.3 is 25.5 Å². The summed E-state index contributed by atoms with van der Waals surface area (Å²) in [6.45, 7) is 20.0. The Morgan fingerprint density at radius 2 is 1.22 bits per heavy atom. The predicted octanol–water partition coefficient (Wildman–Crippen LogP) is 6.19. The Morgan fingerprint density at radius 1 is 0.659 bits per heavy atom. The molecule has 5 aliphatic carbocycles. The van der Waals surface area contributed by atoms with Crippen molar-refractivity contribution >= 4 is 0 Å². The fraction of sp³-hybridized carbons (Fsp3) is 1.00. The van der Waals surface area contributed by atoms with Gasteiger partial charge in [-0.3, -0.25) is 0 Å². The summed E-state index contributed by atoms with van der Waals surface area (Å²) in [4.78, 5) is 0. The molecule has 238 valence electrons. The van der Waals surface area contributed by atoms with Crippen molar-refractivity contribution in [1.82, 2.24) is 0 Å². The van der Waals surface area contributed by atoms with Crippen LogP contribution in [0.4, 0.5) is 0 Å². The van der Waals surface area contributed by atoms with Crippen LogP contribution in [0.3, 0.4) is 0 Å². The van der Waals surface area contributed by atoms with E-state index in [1.165, 1.54) is 64.2 Å². The highest BCUT2D eigenvalue weighted by molar-refractivity contribution is 5.19. The normalized spacial score (nSPS) is 50.9. The number of aliphatic hydroxyl groups excluding tert-OH is 5. The van der Waals surface area contributed by atoms with Gasteiger partial charge in [0.05, 0.1) is 12.7 Å². The van der Waals surface area contributed by atoms with Crippen LogP contribution in [0.5, 0.6) is 0 Å². The van der Waals surface area contributed by atoms with Crippen molar-refractivity contribution in [2.24, 2.45) is 68.5 Å². The molecule has 5 heteroatoms. The van der Waals surface area contributed by atoms with Crippen molar-refractivity contribution in [3.05, 3.63) is 0 Å². The summed E-state index contributed by atoms with van der Waals surface area (Å²) < 4.78 is 0. The van der Waals surface area contributed by atoms with Crippen molar-refractivity contribution in [2.75, 3.05) is 6.61 Å². The second-order valence-corrected chi connectivity index (χ2v) is 18.0. The summed E-state index contributed by atoms with van der Waals surface area (Å²) in [5, 5.41) is 50.3. The molecule has 5 fully saturated rings. The molecule has 0 bridgehead atoms. The minimum absolute atomic E-state index is 0.224. The van der Waals surface area contributed by atoms with E-state index in [2.05, 4.69) is 55.4 Å². The summed E-state index contributed by atoms with van der Waals surface area (Å²) in [6.07, 6.45) is 8.12. The van der Waals surface area contributed by atoms with Gasteiger partial charge in [-0.25, -0.2) is 0 Å². The van der Waals surface area contributed by atoms with Crippen LogP contribution in [0, 0.1) is 68.5 Å². The largest absolute Gasteiger partial charge is 0.394 e. The molecule has 0 heterocycles. The molecular formula is C36H64O5. The van der Waals surface area contributed by atoms with E-state index in [0.29, 0.717) is 45.3 Å². The Kier molecular flexibility index (Phi) is 8.41. The van der Waals surface area contributed by atoms with E-state index >= 15 is 0 Å². The lowest BCUT2D eigenvalue weighted by molar-refractivity contribution is -0.245. The zero-order valence-corrected chi connectivity index (χ0v) is 27.6. The first-order valence-electron chi connectivity index (χ1n) is 17.3. The number of hydrogen-bond acceptors (Lipinski definition) is 5. The van der Waals surface area contributed by atoms with Gasteiger partial charge in [-0.2, -0.15) is 0 Å². The SMILES string of the molecule is CC1CC(C)(C)C2CCC3(C)C(CCC4C5(C)CCC(C(C)CC(O)C(O)C(O)C(O)CO)C5CCC43C)C2(C)C1. The zero-order chi connectivity index (χ0) is 30.3. The second-order valence-electron chi connectivity index (χ2n) is 18.0. The summed E-state index contributed by atoms with van der Waals surface area (Å²) in [5.41, 5.74) is 1.94. The smallest absolute Gasteiger partial charge is 0.110 e. The quantitative estimate of drug-likeness (QED) is 0.249. The highest BCUT2D eigenvalue weighted by Gasteiger charge is 2.70. The highest BCUT2D eigenvalue weighted by atomic mass is 16.4. The van der Waals surface area contributed by atoms with Crippen molar-refractivity contribution in [2.45, 2.75) is 150 Å². The number of rotatable bonds is 7. The molecule has 5 N–H and O–H groups in total. The molecule has 0 aliphatic heterocycles. The van der Waals surface area contributed by atoms with Gasteiger partial charge in [0.15, 0.2) is 0 Å². The van der Waals surface area contributed by atoms with Crippen LogP contribution in [-0.2, 0) is 0 Å². The highest BCUT2D eigenvalue weighted by Crippen LogP contribution is 2.78. The summed E-state index contributed by atoms with van der Waals surface area (Å²) in [5.74, 6) is 4.56. The lowest BCUT2D eigenvalue weighted by Gasteiger charge is -2.73. The van der Waals surface area contributed by atoms with E-state index < -0.39 is 31.0 Å². The first-order valence-corrected chi connectivity index (χ1v) is 17.3. The lowest BCUT2D eigenvalue weighted by atomic mass is 9.31. The van der Waals surface area contributed by atoms with Crippen molar-refractivity contribution < 1.29 is 25.5 Å². The number of aliphatic hydroxyl groups is 5. The van der Waals surface area contributed by atoms with Gasteiger partial charge in [-0.05, 0) is 139 Å². The zero-order valence-electron chi connectivity index (χ0n) is 27.6. The third kappa shape index (κ3) is 4.72. The van der Waals surface area contributed by atoms with Crippen LogP contribution >= 0.6 is 0 Å². The predicted molar refractivity (Wildman–Crippen MR) is 164 cm³/mol. The summed E-state index contributed by atoms with van der Waals surface area (Å²) in [7, 11) is 0. The van der Waals surface area contributed by atoms with E-state index in [-0.39, 0.29) is 5.92 Å². The monoisotopic (exact) mass is 576 g/mol. The number of fused-ring (bicyclic) bond motifs is 7. The van der Waals surface area contributed by atoms with Crippen LogP contribution in [0.25, 0.3) is 0 Å². The Hall–Kier alpha value is -0.200. The number of hydrogen-bond donors (Lipinski definition) is 5. The third-order valence-electron chi connectivity index (χ3n) is 15.6. The Morgan fingerprint density at radius 3 is 1.83 bits per heavy atom. The lowest BCUT2D eigenvalue weighted by Crippen LogP contribution is -2.66. The molecule has 0 amide bonds. The van der Waals surface area contributed by atoms with Crippen LogP contribution in [0.15, 0.2) is 0 Å². The third-order valence-corrected chi connectivity index (χ3v) is 15.6. The first-order chi connectivity index (χ1) is 19.0. The molecule has 0 aromatic carbocycles. The Balaban J connectivity index is 1.35. The first kappa shape index (κ1) is 32.2. The van der Waals surface area contributed by atoms with Crippen LogP contribution in [0.2, 0.25) is 0 Å². The van der Waals surface area contributed by atoms with E-state index in [4.69, 9.17) is 5.11 Å². The van der Waals surface area contributed by atoms with Crippen LogP contribution in [0.1, 0.15) is 126 Å². The molecule has 5 nitrogen and oxygen atoms in total. The maximum Gasteiger partial charge on any atom is 0.110 e. The molecule has 5 rings (SSSR count). The molecule has 0 radical (unpaired) electrons. The molecule has 0 spiro atoms. The van der Waals surface area contributed by atoms with E-state index in [0.717, 1.165) is 23.7 Å². The van der Waals surface area contributed by atoms with Crippen LogP contribution < -0.4 is 0 Å². The van der Waals surface area contributed by atoms with Gasteiger partial charge in [0.1, 0.15) is 18.3 Å². The molecule has 15 unspecified atom stereocenters. The molecule has 5 saturated carbocycles. The fourth-order valence-electron chi connectivity index (χ4n) is 14.0. The summed E-state index contributed by atoms with van der Waals surface area (Å²) >= 11 is 0. The minimum atomic E-state index is -1.54. The van der Waals surface area contributed by atoms with Gasteiger partial charge >= 0.3 is 0 Å². The maximum absolute atomic E-state index is 10.8. The average molecular weight is 577 g/mol. The molecular weight excluding hydrogens is 512 g/mol. The van der Waals surface area contributed by atoms with E-state index in [1.807, 2.05) is 0 Å².